The summed E-state index contributed by atoms with van der Waals surface area (Å²) in [5.41, 5.74) is 0. The van der Waals surface area contributed by atoms with Gasteiger partial charge in [-0.05, 0) is 37.0 Å². The smallest absolute Gasteiger partial charge is 0.208 e. The van der Waals surface area contributed by atoms with E-state index in [1.54, 1.807) is 6.07 Å². The third kappa shape index (κ3) is 3.80. The van der Waals surface area contributed by atoms with Crippen LogP contribution in [0, 0.1) is 5.92 Å². The van der Waals surface area contributed by atoms with Gasteiger partial charge in [-0.25, -0.2) is 13.1 Å². The summed E-state index contributed by atoms with van der Waals surface area (Å²) in [4.78, 5) is 0.0190. The van der Waals surface area contributed by atoms with Gasteiger partial charge in [0.1, 0.15) is 4.90 Å². The predicted molar refractivity (Wildman–Crippen MR) is 83.2 cm³/mol. The Balaban J connectivity index is 2.24. The predicted octanol–water partition coefficient (Wildman–Crippen LogP) is 4.07. The summed E-state index contributed by atoms with van der Waals surface area (Å²) in [6.07, 6.45) is 3.84. The fourth-order valence-corrected chi connectivity index (χ4v) is 4.96. The second kappa shape index (κ2) is 6.84. The van der Waals surface area contributed by atoms with Crippen molar-refractivity contribution < 1.29 is 8.42 Å². The fraction of sp³-hybridized carbons (Fsp3) is 0.538. The van der Waals surface area contributed by atoms with Gasteiger partial charge in [0.05, 0.1) is 5.02 Å². The molecule has 1 aliphatic carbocycles. The highest BCUT2D eigenvalue weighted by molar-refractivity contribution is 7.89. The molecule has 1 aliphatic rings. The number of nitrogens with one attached hydrogen (secondary N) is 1. The molecule has 1 N–H and O–H groups in total. The molecule has 1 fully saturated rings. The molecule has 1 aromatic carbocycles. The van der Waals surface area contributed by atoms with Crippen LogP contribution >= 0.6 is 34.8 Å². The summed E-state index contributed by atoms with van der Waals surface area (Å²) in [6.45, 7) is 0. The number of sulfonamides is 1. The van der Waals surface area contributed by atoms with Gasteiger partial charge in [-0.1, -0.05) is 36.0 Å². The third-order valence-corrected chi connectivity index (χ3v) is 6.20. The molecule has 0 aromatic heterocycles. The first-order valence-corrected chi connectivity index (χ1v) is 9.25. The van der Waals surface area contributed by atoms with Crippen molar-refractivity contribution in [2.45, 2.75) is 36.6 Å². The molecule has 0 aliphatic heterocycles. The summed E-state index contributed by atoms with van der Waals surface area (Å²) in [6, 6.07) is 4.27. The molecular formula is C13H16Cl3NO2S. The van der Waals surface area contributed by atoms with Gasteiger partial charge in [0.2, 0.25) is 10.0 Å². The molecule has 0 saturated heterocycles. The lowest BCUT2D eigenvalue weighted by atomic mass is 9.86. The molecule has 2 unspecified atom stereocenters. The average molecular weight is 357 g/mol. The molecule has 0 spiro atoms. The first-order chi connectivity index (χ1) is 9.44. The highest BCUT2D eigenvalue weighted by Gasteiger charge is 2.29. The zero-order valence-corrected chi connectivity index (χ0v) is 13.9. The summed E-state index contributed by atoms with van der Waals surface area (Å²) in [7, 11) is -3.68. The summed E-state index contributed by atoms with van der Waals surface area (Å²) in [5.74, 6) is 0.620. The zero-order chi connectivity index (χ0) is 14.8. The highest BCUT2D eigenvalue weighted by atomic mass is 35.5. The number of benzene rings is 1. The molecule has 0 radical (unpaired) electrons. The minimum Gasteiger partial charge on any atom is -0.208 e. The van der Waals surface area contributed by atoms with E-state index in [0.29, 0.717) is 10.9 Å². The normalized spacial score (nSPS) is 23.8. The average Bonchev–Trinajstić information content (AvgIpc) is 2.41. The van der Waals surface area contributed by atoms with Crippen LogP contribution in [0.4, 0.5) is 0 Å². The molecule has 2 atom stereocenters. The van der Waals surface area contributed by atoms with Crippen molar-refractivity contribution >= 4 is 44.8 Å². The maximum atomic E-state index is 12.4. The quantitative estimate of drug-likeness (QED) is 0.827. The Morgan fingerprint density at radius 2 is 1.90 bits per heavy atom. The molecule has 0 bridgehead atoms. The van der Waals surface area contributed by atoms with Crippen LogP contribution in [0.2, 0.25) is 10.0 Å². The van der Waals surface area contributed by atoms with Gasteiger partial charge >= 0.3 is 0 Å². The van der Waals surface area contributed by atoms with Crippen LogP contribution in [0.25, 0.3) is 0 Å². The maximum Gasteiger partial charge on any atom is 0.242 e. The van der Waals surface area contributed by atoms with Crippen LogP contribution in [0.1, 0.15) is 25.7 Å². The minimum atomic E-state index is -3.68. The lowest BCUT2D eigenvalue weighted by molar-refractivity contribution is 0.314. The Hall–Kier alpha value is -0.000000000000000167. The first-order valence-electron chi connectivity index (χ1n) is 6.47. The zero-order valence-electron chi connectivity index (χ0n) is 10.8. The van der Waals surface area contributed by atoms with Gasteiger partial charge < -0.3 is 0 Å². The van der Waals surface area contributed by atoms with Crippen LogP contribution in [-0.4, -0.2) is 20.3 Å². The molecule has 3 nitrogen and oxygen atoms in total. The lowest BCUT2D eigenvalue weighted by Crippen LogP contribution is -2.42. The van der Waals surface area contributed by atoms with Crippen molar-refractivity contribution in [3.05, 3.63) is 28.2 Å². The summed E-state index contributed by atoms with van der Waals surface area (Å²) < 4.78 is 27.6. The van der Waals surface area contributed by atoms with E-state index in [2.05, 4.69) is 4.72 Å². The highest BCUT2D eigenvalue weighted by Crippen LogP contribution is 2.29. The van der Waals surface area contributed by atoms with Gasteiger partial charge in [-0.15, -0.1) is 11.6 Å². The number of rotatable bonds is 4. The van der Waals surface area contributed by atoms with Crippen molar-refractivity contribution in [3.63, 3.8) is 0 Å². The van der Waals surface area contributed by atoms with Crippen molar-refractivity contribution in [1.29, 1.82) is 0 Å². The molecule has 112 valence electrons. The maximum absolute atomic E-state index is 12.4. The van der Waals surface area contributed by atoms with E-state index < -0.39 is 10.0 Å². The minimum absolute atomic E-state index is 0.0190. The second-order valence-corrected chi connectivity index (χ2v) is 7.84. The van der Waals surface area contributed by atoms with Crippen molar-refractivity contribution in [3.8, 4) is 0 Å². The monoisotopic (exact) mass is 355 g/mol. The summed E-state index contributed by atoms with van der Waals surface area (Å²) >= 11 is 17.7. The van der Waals surface area contributed by atoms with E-state index in [0.717, 1.165) is 25.7 Å². The van der Waals surface area contributed by atoms with Gasteiger partial charge in [-0.3, -0.25) is 0 Å². The standard InChI is InChI=1S/C13H16Cl3NO2S/c14-8-9-3-1-2-4-12(9)17-20(18,19)13-7-10(15)5-6-11(13)16/h5-7,9,12,17H,1-4,8H2. The SMILES string of the molecule is O=S(=O)(NC1CCCCC1CCl)c1cc(Cl)ccc1Cl. The Labute approximate surface area is 134 Å². The Morgan fingerprint density at radius 3 is 2.60 bits per heavy atom. The second-order valence-electron chi connectivity index (χ2n) is 5.00. The Bertz CT molecular complexity index is 577. The van der Waals surface area contributed by atoms with E-state index in [4.69, 9.17) is 34.8 Å². The first kappa shape index (κ1) is 16.4. The Kier molecular flexibility index (Phi) is 5.60. The Morgan fingerprint density at radius 1 is 1.20 bits per heavy atom. The molecule has 0 amide bonds. The molecule has 1 aromatic rings. The van der Waals surface area contributed by atoms with Crippen molar-refractivity contribution in [1.82, 2.24) is 4.72 Å². The van der Waals surface area contributed by atoms with Crippen molar-refractivity contribution in [2.24, 2.45) is 5.92 Å². The molecule has 1 saturated carbocycles. The number of alkyl halides is 1. The van der Waals surface area contributed by atoms with Crippen molar-refractivity contribution in [2.75, 3.05) is 5.88 Å². The molecule has 0 heterocycles. The molecule has 2 rings (SSSR count). The molecular weight excluding hydrogens is 341 g/mol. The van der Waals surface area contributed by atoms with E-state index in [1.165, 1.54) is 12.1 Å². The third-order valence-electron chi connectivity index (χ3n) is 3.60. The van der Waals surface area contributed by atoms with Crippen LogP contribution in [0.5, 0.6) is 0 Å². The topological polar surface area (TPSA) is 46.2 Å². The lowest BCUT2D eigenvalue weighted by Gasteiger charge is -2.30. The van der Waals surface area contributed by atoms with E-state index in [-0.39, 0.29) is 21.9 Å². The van der Waals surface area contributed by atoms with Crippen LogP contribution in [0.15, 0.2) is 23.1 Å². The van der Waals surface area contributed by atoms with Crippen LogP contribution in [0.3, 0.4) is 0 Å². The fourth-order valence-electron chi connectivity index (χ4n) is 2.49. The van der Waals surface area contributed by atoms with E-state index in [1.807, 2.05) is 0 Å². The van der Waals surface area contributed by atoms with Gasteiger partial charge in [0.15, 0.2) is 0 Å². The molecule has 7 heteroatoms. The number of halogens is 3. The van der Waals surface area contributed by atoms with Gasteiger partial charge in [0.25, 0.3) is 0 Å². The summed E-state index contributed by atoms with van der Waals surface area (Å²) in [5, 5.41) is 0.507. The van der Waals surface area contributed by atoms with E-state index >= 15 is 0 Å². The van der Waals surface area contributed by atoms with E-state index in [9.17, 15) is 8.42 Å². The van der Waals surface area contributed by atoms with Crippen LogP contribution in [-0.2, 0) is 10.0 Å². The number of hydrogen-bond donors (Lipinski definition) is 1. The number of hydrogen-bond acceptors (Lipinski definition) is 2. The van der Waals surface area contributed by atoms with Gasteiger partial charge in [0, 0.05) is 16.9 Å². The van der Waals surface area contributed by atoms with Gasteiger partial charge in [-0.2, -0.15) is 0 Å². The van der Waals surface area contributed by atoms with Crippen LogP contribution < -0.4 is 4.72 Å². The molecule has 20 heavy (non-hydrogen) atoms. The largest absolute Gasteiger partial charge is 0.242 e.